The van der Waals surface area contributed by atoms with Gasteiger partial charge in [0.1, 0.15) is 5.60 Å². The first-order valence-corrected chi connectivity index (χ1v) is 7.80. The van der Waals surface area contributed by atoms with Gasteiger partial charge in [0.25, 0.3) is 0 Å². The van der Waals surface area contributed by atoms with Crippen LogP contribution in [-0.4, -0.2) is 44.9 Å². The number of H-pyrrole nitrogens is 1. The van der Waals surface area contributed by atoms with E-state index in [0.717, 1.165) is 12.8 Å². The third-order valence-corrected chi connectivity index (χ3v) is 3.91. The van der Waals surface area contributed by atoms with Crippen LogP contribution in [0.1, 0.15) is 45.2 Å². The number of nitrogens with one attached hydrogen (secondary N) is 1. The Labute approximate surface area is 134 Å². The topological polar surface area (TPSA) is 71.1 Å². The van der Waals surface area contributed by atoms with Gasteiger partial charge in [-0.2, -0.15) is 5.10 Å². The summed E-state index contributed by atoms with van der Waals surface area (Å²) in [5, 5.41) is 7.55. The van der Waals surface area contributed by atoms with Crippen LogP contribution >= 0.6 is 0 Å². The lowest BCUT2D eigenvalue weighted by Crippen LogP contribution is -2.42. The summed E-state index contributed by atoms with van der Waals surface area (Å²) in [6, 6.07) is 0. The highest BCUT2D eigenvalue weighted by molar-refractivity contribution is 5.81. The van der Waals surface area contributed by atoms with Crippen molar-refractivity contribution < 1.29 is 13.9 Å². The Morgan fingerprint density at radius 1 is 1.43 bits per heavy atom. The highest BCUT2D eigenvalue weighted by Crippen LogP contribution is 2.32. The second kappa shape index (κ2) is 5.79. The Morgan fingerprint density at radius 2 is 2.22 bits per heavy atom. The lowest BCUT2D eigenvalue weighted by Gasteiger charge is -2.33. The second-order valence-corrected chi connectivity index (χ2v) is 6.92. The van der Waals surface area contributed by atoms with Crippen LogP contribution in [0.3, 0.4) is 0 Å². The Bertz CT molecular complexity index is 722. The van der Waals surface area contributed by atoms with Crippen molar-refractivity contribution in [3.05, 3.63) is 23.9 Å². The first-order valence-electron chi connectivity index (χ1n) is 7.80. The van der Waals surface area contributed by atoms with E-state index in [4.69, 9.17) is 4.74 Å². The van der Waals surface area contributed by atoms with Crippen molar-refractivity contribution in [3.63, 3.8) is 0 Å². The molecule has 0 spiro atoms. The molecule has 1 unspecified atom stereocenters. The SMILES string of the molecule is CC(C)(C)OC(=O)N1CCCC(c2n[nH]c3cncc(F)c23)C1. The van der Waals surface area contributed by atoms with E-state index in [1.165, 1.54) is 6.20 Å². The molecule has 2 aromatic rings. The zero-order chi connectivity index (χ0) is 16.6. The molecule has 1 atom stereocenters. The predicted octanol–water partition coefficient (Wildman–Crippen LogP) is 3.21. The minimum Gasteiger partial charge on any atom is -0.444 e. The number of aromatic nitrogens is 3. The lowest BCUT2D eigenvalue weighted by molar-refractivity contribution is 0.0197. The number of pyridine rings is 1. The molecule has 1 N–H and O–H groups in total. The Hall–Kier alpha value is -2.18. The zero-order valence-electron chi connectivity index (χ0n) is 13.6. The maximum Gasteiger partial charge on any atom is 0.410 e. The van der Waals surface area contributed by atoms with E-state index in [2.05, 4.69) is 15.2 Å². The first kappa shape index (κ1) is 15.7. The summed E-state index contributed by atoms with van der Waals surface area (Å²) in [7, 11) is 0. The molecule has 2 aromatic heterocycles. The van der Waals surface area contributed by atoms with Crippen molar-refractivity contribution in [2.24, 2.45) is 0 Å². The number of fused-ring (bicyclic) bond motifs is 1. The molecule has 1 aliphatic rings. The lowest BCUT2D eigenvalue weighted by atomic mass is 9.93. The average molecular weight is 320 g/mol. The van der Waals surface area contributed by atoms with Crippen molar-refractivity contribution in [2.45, 2.75) is 45.1 Å². The molecule has 0 saturated carbocycles. The monoisotopic (exact) mass is 320 g/mol. The summed E-state index contributed by atoms with van der Waals surface area (Å²) < 4.78 is 19.5. The van der Waals surface area contributed by atoms with E-state index >= 15 is 0 Å². The standard InChI is InChI=1S/C16H21FN4O2/c1-16(2,3)23-15(22)21-6-4-5-10(9-21)14-13-11(17)7-18-8-12(13)19-20-14/h7-8,10H,4-6,9H2,1-3H3,(H,19,20). The molecule has 1 aliphatic heterocycles. The number of piperidine rings is 1. The van der Waals surface area contributed by atoms with E-state index in [9.17, 15) is 9.18 Å². The van der Waals surface area contributed by atoms with Crippen LogP contribution in [0.15, 0.2) is 12.4 Å². The van der Waals surface area contributed by atoms with Gasteiger partial charge in [-0.15, -0.1) is 0 Å². The number of halogens is 1. The van der Waals surface area contributed by atoms with E-state index in [1.807, 2.05) is 20.8 Å². The summed E-state index contributed by atoms with van der Waals surface area (Å²) in [6.07, 6.45) is 4.12. The summed E-state index contributed by atoms with van der Waals surface area (Å²) in [5.41, 5.74) is 0.712. The summed E-state index contributed by atoms with van der Waals surface area (Å²) in [6.45, 7) is 6.66. The number of aromatic amines is 1. The van der Waals surface area contributed by atoms with Gasteiger partial charge in [-0.3, -0.25) is 10.1 Å². The fourth-order valence-corrected chi connectivity index (χ4v) is 2.94. The molecule has 124 valence electrons. The van der Waals surface area contributed by atoms with Crippen molar-refractivity contribution >= 4 is 17.0 Å². The molecule has 0 aromatic carbocycles. The number of amides is 1. The third-order valence-electron chi connectivity index (χ3n) is 3.91. The van der Waals surface area contributed by atoms with Gasteiger partial charge in [0.15, 0.2) is 5.82 Å². The van der Waals surface area contributed by atoms with Crippen LogP contribution in [0.4, 0.5) is 9.18 Å². The molecule has 6 nitrogen and oxygen atoms in total. The fraction of sp³-hybridized carbons (Fsp3) is 0.562. The summed E-state index contributed by atoms with van der Waals surface area (Å²) in [4.78, 5) is 17.8. The minimum absolute atomic E-state index is 0.0121. The maximum absolute atomic E-state index is 14.1. The molecule has 0 bridgehead atoms. The molecule has 0 aliphatic carbocycles. The first-order chi connectivity index (χ1) is 10.8. The highest BCUT2D eigenvalue weighted by atomic mass is 19.1. The third kappa shape index (κ3) is 3.28. The van der Waals surface area contributed by atoms with E-state index in [-0.39, 0.29) is 17.8 Å². The molecule has 3 rings (SSSR count). The van der Waals surface area contributed by atoms with Gasteiger partial charge in [0.05, 0.1) is 29.0 Å². The van der Waals surface area contributed by atoms with E-state index in [0.29, 0.717) is 29.7 Å². The molecular weight excluding hydrogens is 299 g/mol. The van der Waals surface area contributed by atoms with Gasteiger partial charge < -0.3 is 9.64 Å². The zero-order valence-corrected chi connectivity index (χ0v) is 13.6. The fourth-order valence-electron chi connectivity index (χ4n) is 2.94. The van der Waals surface area contributed by atoms with Gasteiger partial charge >= 0.3 is 6.09 Å². The Kier molecular flexibility index (Phi) is 3.95. The molecular formula is C16H21FN4O2. The van der Waals surface area contributed by atoms with Crippen LogP contribution < -0.4 is 0 Å². The number of ether oxygens (including phenoxy) is 1. The quantitative estimate of drug-likeness (QED) is 0.876. The summed E-state index contributed by atoms with van der Waals surface area (Å²) >= 11 is 0. The molecule has 1 fully saturated rings. The molecule has 3 heterocycles. The highest BCUT2D eigenvalue weighted by Gasteiger charge is 2.30. The van der Waals surface area contributed by atoms with E-state index < -0.39 is 5.60 Å². The van der Waals surface area contributed by atoms with Crippen molar-refractivity contribution in [3.8, 4) is 0 Å². The number of nitrogens with zero attached hydrogens (tertiary/aromatic N) is 3. The number of hydrogen-bond donors (Lipinski definition) is 1. The van der Waals surface area contributed by atoms with Crippen LogP contribution in [0, 0.1) is 5.82 Å². The Morgan fingerprint density at radius 3 is 2.96 bits per heavy atom. The van der Waals surface area contributed by atoms with Gasteiger partial charge in [-0.05, 0) is 33.6 Å². The number of rotatable bonds is 1. The number of carbonyl (C=O) groups is 1. The van der Waals surface area contributed by atoms with Gasteiger partial charge in [-0.25, -0.2) is 9.18 Å². The minimum atomic E-state index is -0.527. The molecule has 1 saturated heterocycles. The second-order valence-electron chi connectivity index (χ2n) is 6.92. The van der Waals surface area contributed by atoms with Crippen LogP contribution in [0.2, 0.25) is 0 Å². The molecule has 1 amide bonds. The van der Waals surface area contributed by atoms with Gasteiger partial charge in [0.2, 0.25) is 0 Å². The molecule has 23 heavy (non-hydrogen) atoms. The van der Waals surface area contributed by atoms with Crippen LogP contribution in [-0.2, 0) is 4.74 Å². The van der Waals surface area contributed by atoms with Crippen LogP contribution in [0.5, 0.6) is 0 Å². The maximum atomic E-state index is 14.1. The van der Waals surface area contributed by atoms with Crippen molar-refractivity contribution in [1.29, 1.82) is 0 Å². The van der Waals surface area contributed by atoms with Crippen molar-refractivity contribution in [1.82, 2.24) is 20.1 Å². The Balaban J connectivity index is 1.82. The van der Waals surface area contributed by atoms with Gasteiger partial charge in [0, 0.05) is 19.0 Å². The smallest absolute Gasteiger partial charge is 0.410 e. The number of carbonyl (C=O) groups excluding carboxylic acids is 1. The normalized spacial score (nSPS) is 19.1. The summed E-state index contributed by atoms with van der Waals surface area (Å²) in [5.74, 6) is -0.400. The average Bonchev–Trinajstić information content (AvgIpc) is 2.91. The molecule has 7 heteroatoms. The van der Waals surface area contributed by atoms with Gasteiger partial charge in [-0.1, -0.05) is 0 Å². The number of hydrogen-bond acceptors (Lipinski definition) is 4. The van der Waals surface area contributed by atoms with Crippen molar-refractivity contribution in [2.75, 3.05) is 13.1 Å². The predicted molar refractivity (Wildman–Crippen MR) is 83.6 cm³/mol. The van der Waals surface area contributed by atoms with Crippen LogP contribution in [0.25, 0.3) is 10.9 Å². The van der Waals surface area contributed by atoms with E-state index in [1.54, 1.807) is 11.1 Å². The largest absolute Gasteiger partial charge is 0.444 e. The number of likely N-dealkylation sites (tertiary alicyclic amines) is 1. The molecule has 0 radical (unpaired) electrons.